The van der Waals surface area contributed by atoms with Crippen LogP contribution in [0, 0.1) is 5.82 Å². The van der Waals surface area contributed by atoms with E-state index in [1.165, 1.54) is 12.1 Å². The standard InChI is InChI=1S/C14H12FNO2S/c15-11-3-5-12(6-4-11)16-14(19)18-9-10-1-7-13(17)8-2-10/h1-8,17H,9H2,(H,16,19). The number of aromatic hydroxyl groups is 1. The first-order valence-electron chi connectivity index (χ1n) is 5.61. The van der Waals surface area contributed by atoms with Crippen LogP contribution < -0.4 is 5.32 Å². The fraction of sp³-hybridized carbons (Fsp3) is 0.0714. The molecule has 0 fully saturated rings. The Hall–Kier alpha value is -2.14. The number of hydrogen-bond donors (Lipinski definition) is 2. The summed E-state index contributed by atoms with van der Waals surface area (Å²) in [4.78, 5) is 0. The molecule has 19 heavy (non-hydrogen) atoms. The Labute approximate surface area is 115 Å². The van der Waals surface area contributed by atoms with E-state index in [9.17, 15) is 4.39 Å². The Balaban J connectivity index is 1.84. The fourth-order valence-electron chi connectivity index (χ4n) is 1.43. The molecule has 0 aliphatic carbocycles. The van der Waals surface area contributed by atoms with Gasteiger partial charge in [0.25, 0.3) is 5.17 Å². The van der Waals surface area contributed by atoms with Crippen molar-refractivity contribution in [3.05, 3.63) is 59.9 Å². The molecular weight excluding hydrogens is 265 g/mol. The summed E-state index contributed by atoms with van der Waals surface area (Å²) in [5.74, 6) is -0.0998. The van der Waals surface area contributed by atoms with E-state index < -0.39 is 0 Å². The highest BCUT2D eigenvalue weighted by molar-refractivity contribution is 7.80. The Morgan fingerprint density at radius 1 is 1.11 bits per heavy atom. The van der Waals surface area contributed by atoms with E-state index in [1.807, 2.05) is 0 Å². The summed E-state index contributed by atoms with van der Waals surface area (Å²) >= 11 is 5.02. The van der Waals surface area contributed by atoms with Crippen molar-refractivity contribution in [2.45, 2.75) is 6.61 Å². The first kappa shape index (κ1) is 13.3. The van der Waals surface area contributed by atoms with E-state index in [4.69, 9.17) is 22.1 Å². The van der Waals surface area contributed by atoms with Crippen molar-refractivity contribution in [3.8, 4) is 5.75 Å². The highest BCUT2D eigenvalue weighted by atomic mass is 32.1. The molecule has 0 unspecified atom stereocenters. The number of anilines is 1. The van der Waals surface area contributed by atoms with Crippen LogP contribution in [0.15, 0.2) is 48.5 Å². The maximum atomic E-state index is 12.7. The zero-order valence-electron chi connectivity index (χ0n) is 9.97. The lowest BCUT2D eigenvalue weighted by Crippen LogP contribution is -2.13. The molecule has 2 N–H and O–H groups in total. The fourth-order valence-corrected chi connectivity index (χ4v) is 1.60. The van der Waals surface area contributed by atoms with Crippen LogP contribution in [0.4, 0.5) is 10.1 Å². The van der Waals surface area contributed by atoms with Gasteiger partial charge in [-0.3, -0.25) is 0 Å². The first-order chi connectivity index (χ1) is 9.13. The zero-order chi connectivity index (χ0) is 13.7. The van der Waals surface area contributed by atoms with Crippen molar-refractivity contribution >= 4 is 23.1 Å². The third kappa shape index (κ3) is 4.22. The molecule has 0 atom stereocenters. The summed E-state index contributed by atoms with van der Waals surface area (Å²) in [6.07, 6.45) is 0. The van der Waals surface area contributed by atoms with Gasteiger partial charge in [-0.25, -0.2) is 4.39 Å². The number of ether oxygens (including phenoxy) is 1. The molecule has 2 aromatic carbocycles. The lowest BCUT2D eigenvalue weighted by molar-refractivity contribution is 0.300. The SMILES string of the molecule is Oc1ccc(COC(=S)Nc2ccc(F)cc2)cc1. The second kappa shape index (κ2) is 6.15. The number of nitrogens with one attached hydrogen (secondary N) is 1. The molecule has 0 aromatic heterocycles. The van der Waals surface area contributed by atoms with Crippen molar-refractivity contribution in [1.29, 1.82) is 0 Å². The number of phenols is 1. The number of thiocarbonyl (C=S) groups is 1. The van der Waals surface area contributed by atoms with E-state index in [-0.39, 0.29) is 16.7 Å². The minimum absolute atomic E-state index is 0.204. The lowest BCUT2D eigenvalue weighted by atomic mass is 10.2. The summed E-state index contributed by atoms with van der Waals surface area (Å²) in [6, 6.07) is 12.5. The normalized spacial score (nSPS) is 9.95. The Kier molecular flexibility index (Phi) is 4.30. The number of benzene rings is 2. The monoisotopic (exact) mass is 277 g/mol. The van der Waals surface area contributed by atoms with Crippen LogP contribution in [0.1, 0.15) is 5.56 Å². The molecule has 0 saturated heterocycles. The van der Waals surface area contributed by atoms with E-state index in [1.54, 1.807) is 36.4 Å². The van der Waals surface area contributed by atoms with Crippen molar-refractivity contribution in [3.63, 3.8) is 0 Å². The third-order valence-electron chi connectivity index (χ3n) is 2.40. The van der Waals surface area contributed by atoms with Gasteiger partial charge >= 0.3 is 0 Å². The summed E-state index contributed by atoms with van der Waals surface area (Å²) in [7, 11) is 0. The average Bonchev–Trinajstić information content (AvgIpc) is 2.41. The van der Waals surface area contributed by atoms with Crippen molar-refractivity contribution in [1.82, 2.24) is 0 Å². The average molecular weight is 277 g/mol. The number of phenolic OH excluding ortho intramolecular Hbond substituents is 1. The Bertz CT molecular complexity index is 555. The molecule has 0 bridgehead atoms. The van der Waals surface area contributed by atoms with Gasteiger partial charge in [0.05, 0.1) is 0 Å². The van der Waals surface area contributed by atoms with Gasteiger partial charge in [-0.1, -0.05) is 12.1 Å². The summed E-state index contributed by atoms with van der Waals surface area (Å²) in [5, 5.41) is 12.2. The van der Waals surface area contributed by atoms with Crippen LogP contribution in [-0.2, 0) is 11.3 Å². The van der Waals surface area contributed by atoms with E-state index in [0.29, 0.717) is 12.3 Å². The molecule has 3 nitrogen and oxygen atoms in total. The quantitative estimate of drug-likeness (QED) is 0.843. The van der Waals surface area contributed by atoms with Crippen molar-refractivity contribution in [2.75, 3.05) is 5.32 Å². The molecular formula is C14H12FNO2S. The van der Waals surface area contributed by atoms with Crippen LogP contribution in [0.25, 0.3) is 0 Å². The van der Waals surface area contributed by atoms with Crippen molar-refractivity contribution < 1.29 is 14.2 Å². The van der Waals surface area contributed by atoms with Gasteiger partial charge in [0.1, 0.15) is 18.2 Å². The van der Waals surface area contributed by atoms with Gasteiger partial charge < -0.3 is 15.2 Å². The second-order valence-corrected chi connectivity index (χ2v) is 4.25. The van der Waals surface area contributed by atoms with Gasteiger partial charge in [0, 0.05) is 5.69 Å². The van der Waals surface area contributed by atoms with E-state index >= 15 is 0 Å². The molecule has 0 aliphatic rings. The minimum atomic E-state index is -0.304. The molecule has 0 saturated carbocycles. The second-order valence-electron chi connectivity index (χ2n) is 3.87. The van der Waals surface area contributed by atoms with Crippen LogP contribution in [-0.4, -0.2) is 10.3 Å². The van der Waals surface area contributed by atoms with Gasteiger partial charge in [-0.05, 0) is 54.2 Å². The topological polar surface area (TPSA) is 41.5 Å². The molecule has 5 heteroatoms. The number of rotatable bonds is 3. The van der Waals surface area contributed by atoms with Crippen LogP contribution in [0.2, 0.25) is 0 Å². The predicted molar refractivity (Wildman–Crippen MR) is 75.5 cm³/mol. The molecule has 0 radical (unpaired) electrons. The van der Waals surface area contributed by atoms with Gasteiger partial charge in [0.2, 0.25) is 0 Å². The van der Waals surface area contributed by atoms with Crippen molar-refractivity contribution in [2.24, 2.45) is 0 Å². The molecule has 2 aromatic rings. The molecule has 2 rings (SSSR count). The van der Waals surface area contributed by atoms with E-state index in [2.05, 4.69) is 5.32 Å². The van der Waals surface area contributed by atoms with E-state index in [0.717, 1.165) is 5.56 Å². The van der Waals surface area contributed by atoms with Crippen LogP contribution >= 0.6 is 12.2 Å². The third-order valence-corrected chi connectivity index (χ3v) is 2.62. The molecule has 0 heterocycles. The first-order valence-corrected chi connectivity index (χ1v) is 6.01. The summed E-state index contributed by atoms with van der Waals surface area (Å²) < 4.78 is 18.1. The highest BCUT2D eigenvalue weighted by Gasteiger charge is 2.00. The largest absolute Gasteiger partial charge is 0.508 e. The van der Waals surface area contributed by atoms with Crippen LogP contribution in [0.5, 0.6) is 5.75 Å². The van der Waals surface area contributed by atoms with Gasteiger partial charge in [0.15, 0.2) is 0 Å². The Morgan fingerprint density at radius 3 is 2.37 bits per heavy atom. The molecule has 0 amide bonds. The summed E-state index contributed by atoms with van der Waals surface area (Å²) in [5.41, 5.74) is 1.55. The molecule has 98 valence electrons. The smallest absolute Gasteiger partial charge is 0.261 e. The predicted octanol–water partition coefficient (Wildman–Crippen LogP) is 3.44. The van der Waals surface area contributed by atoms with Gasteiger partial charge in [-0.15, -0.1) is 0 Å². The minimum Gasteiger partial charge on any atom is -0.508 e. The van der Waals surface area contributed by atoms with Crippen LogP contribution in [0.3, 0.4) is 0 Å². The highest BCUT2D eigenvalue weighted by Crippen LogP contribution is 2.12. The lowest BCUT2D eigenvalue weighted by Gasteiger charge is -2.09. The number of halogens is 1. The zero-order valence-corrected chi connectivity index (χ0v) is 10.8. The number of hydrogen-bond acceptors (Lipinski definition) is 3. The maximum absolute atomic E-state index is 12.7. The molecule has 0 spiro atoms. The molecule has 0 aliphatic heterocycles. The summed E-state index contributed by atoms with van der Waals surface area (Å²) in [6.45, 7) is 0.299. The Morgan fingerprint density at radius 2 is 1.74 bits per heavy atom. The maximum Gasteiger partial charge on any atom is 0.261 e. The van der Waals surface area contributed by atoms with Gasteiger partial charge in [-0.2, -0.15) is 0 Å².